The van der Waals surface area contributed by atoms with E-state index in [1.165, 1.54) is 10.4 Å². The summed E-state index contributed by atoms with van der Waals surface area (Å²) < 4.78 is 0. The molecule has 0 saturated carbocycles. The highest BCUT2D eigenvalue weighted by molar-refractivity contribution is 7.18. The van der Waals surface area contributed by atoms with E-state index in [2.05, 4.69) is 34.2 Å². The van der Waals surface area contributed by atoms with E-state index in [1.807, 2.05) is 48.8 Å². The minimum Gasteiger partial charge on any atom is -0.256 e. The van der Waals surface area contributed by atoms with E-state index in [9.17, 15) is 0 Å². The van der Waals surface area contributed by atoms with Crippen molar-refractivity contribution in [2.75, 3.05) is 0 Å². The van der Waals surface area contributed by atoms with Gasteiger partial charge in [-0.1, -0.05) is 48.5 Å². The molecule has 2 aromatic carbocycles. The number of thiazole rings is 1. The third-order valence-electron chi connectivity index (χ3n) is 3.40. The summed E-state index contributed by atoms with van der Waals surface area (Å²) >= 11 is 1.70. The fourth-order valence-corrected chi connectivity index (χ4v) is 3.23. The van der Waals surface area contributed by atoms with Gasteiger partial charge in [-0.2, -0.15) is 0 Å². The Morgan fingerprint density at radius 3 is 2.43 bits per heavy atom. The van der Waals surface area contributed by atoms with Crippen LogP contribution in [-0.4, -0.2) is 9.97 Å². The first-order valence-corrected chi connectivity index (χ1v) is 7.58. The fourth-order valence-electron chi connectivity index (χ4n) is 2.33. The summed E-state index contributed by atoms with van der Waals surface area (Å²) in [6.45, 7) is 0. The van der Waals surface area contributed by atoms with Crippen LogP contribution in [0.4, 0.5) is 0 Å². The van der Waals surface area contributed by atoms with Crippen LogP contribution in [-0.2, 0) is 0 Å². The molecule has 0 saturated heterocycles. The van der Waals surface area contributed by atoms with Crippen molar-refractivity contribution in [3.05, 3.63) is 73.1 Å². The van der Waals surface area contributed by atoms with E-state index in [0.717, 1.165) is 21.5 Å². The Labute approximate surface area is 126 Å². The number of aromatic nitrogens is 2. The van der Waals surface area contributed by atoms with Gasteiger partial charge in [0.15, 0.2) is 0 Å². The average molecular weight is 288 g/mol. The predicted octanol–water partition coefficient (Wildman–Crippen LogP) is 5.03. The van der Waals surface area contributed by atoms with Crippen LogP contribution in [0.2, 0.25) is 0 Å². The lowest BCUT2D eigenvalue weighted by Gasteiger charge is -1.99. The van der Waals surface area contributed by atoms with Crippen molar-refractivity contribution in [3.63, 3.8) is 0 Å². The molecule has 0 radical (unpaired) electrons. The number of rotatable bonds is 2. The second kappa shape index (κ2) is 5.11. The third kappa shape index (κ3) is 2.32. The van der Waals surface area contributed by atoms with Gasteiger partial charge in [-0.05, 0) is 17.7 Å². The van der Waals surface area contributed by atoms with Crippen LogP contribution < -0.4 is 0 Å². The number of para-hydroxylation sites is 1. The first-order valence-electron chi connectivity index (χ1n) is 6.76. The smallest absolute Gasteiger partial charge is 0.125 e. The molecule has 100 valence electrons. The Kier molecular flexibility index (Phi) is 2.98. The van der Waals surface area contributed by atoms with Gasteiger partial charge in [-0.3, -0.25) is 4.98 Å². The van der Waals surface area contributed by atoms with E-state index in [1.54, 1.807) is 11.3 Å². The first kappa shape index (κ1) is 12.2. The Morgan fingerprint density at radius 2 is 1.52 bits per heavy atom. The van der Waals surface area contributed by atoms with Gasteiger partial charge in [-0.15, -0.1) is 11.3 Å². The van der Waals surface area contributed by atoms with Crippen LogP contribution in [0.25, 0.3) is 31.9 Å². The van der Waals surface area contributed by atoms with E-state index < -0.39 is 0 Å². The summed E-state index contributed by atoms with van der Waals surface area (Å²) in [5.41, 5.74) is 3.29. The lowest BCUT2D eigenvalue weighted by Crippen LogP contribution is -1.81. The van der Waals surface area contributed by atoms with Crippen molar-refractivity contribution >= 4 is 22.2 Å². The highest BCUT2D eigenvalue weighted by atomic mass is 32.1. The number of hydrogen-bond donors (Lipinski definition) is 0. The highest BCUT2D eigenvalue weighted by Crippen LogP contribution is 2.32. The number of pyridine rings is 1. The molecule has 4 aromatic rings. The average Bonchev–Trinajstić information content (AvgIpc) is 3.05. The van der Waals surface area contributed by atoms with Gasteiger partial charge in [0, 0.05) is 23.3 Å². The summed E-state index contributed by atoms with van der Waals surface area (Å²) in [4.78, 5) is 10.2. The van der Waals surface area contributed by atoms with Gasteiger partial charge in [0.2, 0.25) is 0 Å². The molecule has 0 amide bonds. The standard InChI is InChI=1S/C18H12N2S/c1-2-6-13(7-3-1)17-12-20-18(21-17)15-10-14-8-4-5-9-16(14)19-11-15/h1-12H. The maximum atomic E-state index is 4.55. The molecule has 0 fully saturated rings. The molecule has 0 atom stereocenters. The van der Waals surface area contributed by atoms with Gasteiger partial charge < -0.3 is 0 Å². The minimum atomic E-state index is 1.01. The molecule has 21 heavy (non-hydrogen) atoms. The summed E-state index contributed by atoms with van der Waals surface area (Å²) in [5, 5.41) is 2.15. The molecule has 0 bridgehead atoms. The quantitative estimate of drug-likeness (QED) is 0.517. The summed E-state index contributed by atoms with van der Waals surface area (Å²) in [7, 11) is 0. The maximum absolute atomic E-state index is 4.55. The van der Waals surface area contributed by atoms with Crippen molar-refractivity contribution in [3.8, 4) is 21.0 Å². The first-order chi connectivity index (χ1) is 10.4. The molecular weight excluding hydrogens is 276 g/mol. The second-order valence-corrected chi connectivity index (χ2v) is 5.84. The third-order valence-corrected chi connectivity index (χ3v) is 4.50. The van der Waals surface area contributed by atoms with Gasteiger partial charge in [0.25, 0.3) is 0 Å². The van der Waals surface area contributed by atoms with Gasteiger partial charge >= 0.3 is 0 Å². The van der Waals surface area contributed by atoms with Crippen LogP contribution >= 0.6 is 11.3 Å². The molecule has 2 heterocycles. The van der Waals surface area contributed by atoms with Crippen molar-refractivity contribution in [2.45, 2.75) is 0 Å². The molecule has 0 aliphatic carbocycles. The molecule has 2 nitrogen and oxygen atoms in total. The molecule has 0 aliphatic rings. The van der Waals surface area contributed by atoms with Crippen molar-refractivity contribution < 1.29 is 0 Å². The molecular formula is C18H12N2S. The summed E-state index contributed by atoms with van der Waals surface area (Å²) in [5.74, 6) is 0. The number of benzene rings is 2. The van der Waals surface area contributed by atoms with Crippen LogP contribution in [0.5, 0.6) is 0 Å². The number of hydrogen-bond acceptors (Lipinski definition) is 3. The van der Waals surface area contributed by atoms with E-state index in [4.69, 9.17) is 0 Å². The van der Waals surface area contributed by atoms with Crippen molar-refractivity contribution in [1.82, 2.24) is 9.97 Å². The Morgan fingerprint density at radius 1 is 0.714 bits per heavy atom. The zero-order chi connectivity index (χ0) is 14.1. The maximum Gasteiger partial charge on any atom is 0.125 e. The Bertz CT molecular complexity index is 897. The number of fused-ring (bicyclic) bond motifs is 1. The normalized spacial score (nSPS) is 10.9. The summed E-state index contributed by atoms with van der Waals surface area (Å²) in [6.07, 6.45) is 3.83. The van der Waals surface area contributed by atoms with Gasteiger partial charge in [0.05, 0.1) is 10.4 Å². The second-order valence-electron chi connectivity index (χ2n) is 4.81. The lowest BCUT2D eigenvalue weighted by molar-refractivity contribution is 1.37. The van der Waals surface area contributed by atoms with Crippen molar-refractivity contribution in [1.29, 1.82) is 0 Å². The fraction of sp³-hybridized carbons (Fsp3) is 0. The monoisotopic (exact) mass is 288 g/mol. The zero-order valence-corrected chi connectivity index (χ0v) is 12.0. The van der Waals surface area contributed by atoms with E-state index in [0.29, 0.717) is 0 Å². The molecule has 0 N–H and O–H groups in total. The van der Waals surface area contributed by atoms with Crippen LogP contribution in [0.1, 0.15) is 0 Å². The minimum absolute atomic E-state index is 1.01. The van der Waals surface area contributed by atoms with Crippen molar-refractivity contribution in [2.24, 2.45) is 0 Å². The topological polar surface area (TPSA) is 25.8 Å². The number of nitrogens with zero attached hydrogens (tertiary/aromatic N) is 2. The molecule has 4 rings (SSSR count). The molecule has 0 spiro atoms. The van der Waals surface area contributed by atoms with E-state index >= 15 is 0 Å². The largest absolute Gasteiger partial charge is 0.256 e. The van der Waals surface area contributed by atoms with Gasteiger partial charge in [-0.25, -0.2) is 4.98 Å². The molecule has 2 aromatic heterocycles. The SMILES string of the molecule is c1ccc(-c2cnc(-c3cnc4ccccc4c3)s2)cc1. The van der Waals surface area contributed by atoms with E-state index in [-0.39, 0.29) is 0 Å². The predicted molar refractivity (Wildman–Crippen MR) is 88.3 cm³/mol. The zero-order valence-electron chi connectivity index (χ0n) is 11.2. The molecule has 0 aliphatic heterocycles. The molecule has 0 unspecified atom stereocenters. The van der Waals surface area contributed by atoms with Gasteiger partial charge in [0.1, 0.15) is 5.01 Å². The Balaban J connectivity index is 1.77. The Hall–Kier alpha value is -2.52. The highest BCUT2D eigenvalue weighted by Gasteiger charge is 2.07. The summed E-state index contributed by atoms with van der Waals surface area (Å²) in [6, 6.07) is 20.6. The lowest BCUT2D eigenvalue weighted by atomic mass is 10.2. The van der Waals surface area contributed by atoms with Crippen LogP contribution in [0, 0.1) is 0 Å². The van der Waals surface area contributed by atoms with Crippen LogP contribution in [0.15, 0.2) is 73.1 Å². The van der Waals surface area contributed by atoms with Crippen LogP contribution in [0.3, 0.4) is 0 Å². The molecule has 3 heteroatoms.